The Balaban J connectivity index is 0.000000274. The molecule has 1 atom stereocenters. The first-order valence-electron chi connectivity index (χ1n) is 14.2. The van der Waals surface area contributed by atoms with E-state index in [1.807, 2.05) is 18.2 Å². The van der Waals surface area contributed by atoms with E-state index in [-0.39, 0.29) is 18.4 Å². The summed E-state index contributed by atoms with van der Waals surface area (Å²) >= 11 is 0. The van der Waals surface area contributed by atoms with E-state index in [1.165, 1.54) is 22.8 Å². The molecule has 0 heterocycles. The van der Waals surface area contributed by atoms with Crippen LogP contribution in [0.1, 0.15) is 54.0 Å². The van der Waals surface area contributed by atoms with Crippen molar-refractivity contribution in [1.82, 2.24) is 5.32 Å². The standard InChI is InChI=1S/C22H22F3NO.C12H19NO2/c1-2-3-7-18-14-20(18)26-21(27)12-15-6-4-8-16(11-15)17-9-5-10-19(13-17)22(23,24)25;1-9-10(2)12(15-7-6-14-3)5-4-11(9)8-13/h4-11,13,20H,2-3,12,14H2,1H3,(H,26,27);4-5H,6-8,13H2,1-3H3/b18-7-;. The number of nitrogens with two attached hydrogens (primary N) is 1. The number of allylic oxidation sites excluding steroid dienone is 1. The predicted molar refractivity (Wildman–Crippen MR) is 161 cm³/mol. The number of rotatable bonds is 11. The number of unbranched alkanes of at least 4 members (excludes halogenated alkanes) is 1. The van der Waals surface area contributed by atoms with Gasteiger partial charge in [0.15, 0.2) is 0 Å². The third-order valence-electron chi connectivity index (χ3n) is 7.19. The van der Waals surface area contributed by atoms with Crippen LogP contribution in [0.2, 0.25) is 0 Å². The minimum atomic E-state index is -4.37. The summed E-state index contributed by atoms with van der Waals surface area (Å²) in [5.41, 5.74) is 11.7. The molecule has 0 saturated heterocycles. The second kappa shape index (κ2) is 15.6. The summed E-state index contributed by atoms with van der Waals surface area (Å²) in [4.78, 5) is 12.2. The van der Waals surface area contributed by atoms with Crippen LogP contribution in [0.25, 0.3) is 11.1 Å². The molecular formula is C34H41F3N2O3. The molecule has 1 saturated carbocycles. The van der Waals surface area contributed by atoms with Crippen LogP contribution in [0, 0.1) is 13.8 Å². The molecule has 4 rings (SSSR count). The summed E-state index contributed by atoms with van der Waals surface area (Å²) in [5.74, 6) is 0.850. The molecule has 3 aromatic carbocycles. The Morgan fingerprint density at radius 3 is 2.40 bits per heavy atom. The molecular weight excluding hydrogens is 541 g/mol. The fourth-order valence-electron chi connectivity index (χ4n) is 4.51. The molecule has 0 bridgehead atoms. The number of carbonyl (C=O) groups is 1. The number of benzene rings is 3. The van der Waals surface area contributed by atoms with Gasteiger partial charge in [0.1, 0.15) is 12.4 Å². The third-order valence-corrected chi connectivity index (χ3v) is 7.19. The van der Waals surface area contributed by atoms with Crippen LogP contribution in [-0.4, -0.2) is 32.3 Å². The minimum absolute atomic E-state index is 0.0684. The first kappa shape index (κ1) is 32.9. The van der Waals surface area contributed by atoms with E-state index in [9.17, 15) is 18.0 Å². The first-order chi connectivity index (χ1) is 20.1. The Bertz CT molecular complexity index is 1370. The number of nitrogens with one attached hydrogen (secondary N) is 1. The molecule has 1 aliphatic rings. The van der Waals surface area contributed by atoms with Crippen LogP contribution in [0.5, 0.6) is 5.75 Å². The Kier molecular flexibility index (Phi) is 12.2. The lowest BCUT2D eigenvalue weighted by molar-refractivity contribution is -0.137. The Morgan fingerprint density at radius 1 is 1.02 bits per heavy atom. The Morgan fingerprint density at radius 2 is 1.74 bits per heavy atom. The van der Waals surface area contributed by atoms with Gasteiger partial charge in [-0.3, -0.25) is 4.79 Å². The molecule has 0 aliphatic heterocycles. The van der Waals surface area contributed by atoms with Crippen LogP contribution in [0.3, 0.4) is 0 Å². The van der Waals surface area contributed by atoms with Crippen molar-refractivity contribution < 1.29 is 27.4 Å². The van der Waals surface area contributed by atoms with Gasteiger partial charge in [0.2, 0.25) is 5.91 Å². The SMILES string of the molecule is CCC/C=C1/CC1NC(=O)Cc1cccc(-c2cccc(C(F)(F)F)c2)c1.COCCOc1ccc(CN)c(C)c1C. The molecule has 226 valence electrons. The van der Waals surface area contributed by atoms with Gasteiger partial charge in [-0.15, -0.1) is 0 Å². The summed E-state index contributed by atoms with van der Waals surface area (Å²) in [6.45, 7) is 8.00. The van der Waals surface area contributed by atoms with Gasteiger partial charge in [0.25, 0.3) is 0 Å². The van der Waals surface area contributed by atoms with Crippen LogP contribution in [0.4, 0.5) is 13.2 Å². The van der Waals surface area contributed by atoms with E-state index in [0.717, 1.165) is 48.3 Å². The lowest BCUT2D eigenvalue weighted by atomic mass is 10.00. The molecule has 0 radical (unpaired) electrons. The summed E-state index contributed by atoms with van der Waals surface area (Å²) in [5, 5.41) is 2.99. The first-order valence-corrected chi connectivity index (χ1v) is 14.2. The van der Waals surface area contributed by atoms with Crippen LogP contribution in [0.15, 0.2) is 72.3 Å². The van der Waals surface area contributed by atoms with Gasteiger partial charge >= 0.3 is 6.18 Å². The Hall–Kier alpha value is -3.62. The zero-order chi connectivity index (χ0) is 30.7. The summed E-state index contributed by atoms with van der Waals surface area (Å²) in [6, 6.07) is 16.5. The quantitative estimate of drug-likeness (QED) is 0.184. The monoisotopic (exact) mass is 582 g/mol. The second-order valence-electron chi connectivity index (χ2n) is 10.4. The van der Waals surface area contributed by atoms with Crippen molar-refractivity contribution in [3.63, 3.8) is 0 Å². The van der Waals surface area contributed by atoms with Crippen molar-refractivity contribution in [3.8, 4) is 16.9 Å². The molecule has 0 aromatic heterocycles. The maximum absolute atomic E-state index is 12.9. The van der Waals surface area contributed by atoms with Gasteiger partial charge in [0.05, 0.1) is 24.6 Å². The van der Waals surface area contributed by atoms with Crippen molar-refractivity contribution in [3.05, 3.63) is 100 Å². The summed E-state index contributed by atoms with van der Waals surface area (Å²) < 4.78 is 49.3. The number of amides is 1. The number of carbonyl (C=O) groups excluding carboxylic acids is 1. The van der Waals surface area contributed by atoms with Gasteiger partial charge in [-0.25, -0.2) is 0 Å². The highest BCUT2D eigenvalue weighted by molar-refractivity contribution is 5.80. The lowest BCUT2D eigenvalue weighted by Gasteiger charge is -2.13. The van der Waals surface area contributed by atoms with E-state index in [2.05, 4.69) is 32.2 Å². The van der Waals surface area contributed by atoms with Crippen molar-refractivity contribution in [2.45, 2.75) is 65.2 Å². The zero-order valence-electron chi connectivity index (χ0n) is 24.8. The smallest absolute Gasteiger partial charge is 0.416 e. The van der Waals surface area contributed by atoms with Gasteiger partial charge < -0.3 is 20.5 Å². The fourth-order valence-corrected chi connectivity index (χ4v) is 4.51. The van der Waals surface area contributed by atoms with Gasteiger partial charge in [-0.05, 0) is 83.8 Å². The van der Waals surface area contributed by atoms with Crippen molar-refractivity contribution in [1.29, 1.82) is 0 Å². The third kappa shape index (κ3) is 9.74. The van der Waals surface area contributed by atoms with Gasteiger partial charge in [-0.1, -0.05) is 61.9 Å². The average Bonchev–Trinajstić information content (AvgIpc) is 3.71. The average molecular weight is 583 g/mol. The van der Waals surface area contributed by atoms with Gasteiger partial charge in [0, 0.05) is 13.7 Å². The highest BCUT2D eigenvalue weighted by Gasteiger charge is 2.31. The number of alkyl halides is 3. The number of hydrogen-bond donors (Lipinski definition) is 2. The van der Waals surface area contributed by atoms with Crippen molar-refractivity contribution in [2.75, 3.05) is 20.3 Å². The summed E-state index contributed by atoms with van der Waals surface area (Å²) in [7, 11) is 1.67. The summed E-state index contributed by atoms with van der Waals surface area (Å²) in [6.07, 6.45) is 1.05. The maximum Gasteiger partial charge on any atom is 0.416 e. The van der Waals surface area contributed by atoms with Crippen LogP contribution < -0.4 is 15.8 Å². The highest BCUT2D eigenvalue weighted by Crippen LogP contribution is 2.33. The highest BCUT2D eigenvalue weighted by atomic mass is 19.4. The molecule has 42 heavy (non-hydrogen) atoms. The van der Waals surface area contributed by atoms with Crippen LogP contribution in [-0.2, 0) is 28.7 Å². The molecule has 1 amide bonds. The van der Waals surface area contributed by atoms with Crippen molar-refractivity contribution >= 4 is 5.91 Å². The molecule has 3 N–H and O–H groups in total. The molecule has 5 nitrogen and oxygen atoms in total. The molecule has 1 unspecified atom stereocenters. The van der Waals surface area contributed by atoms with E-state index < -0.39 is 11.7 Å². The zero-order valence-corrected chi connectivity index (χ0v) is 24.8. The number of ether oxygens (including phenoxy) is 2. The number of hydrogen-bond acceptors (Lipinski definition) is 4. The Labute approximate surface area is 246 Å². The fraction of sp³-hybridized carbons (Fsp3) is 0.382. The topological polar surface area (TPSA) is 73.6 Å². The normalized spacial score (nSPS) is 15.1. The molecule has 3 aromatic rings. The maximum atomic E-state index is 12.9. The van der Waals surface area contributed by atoms with E-state index >= 15 is 0 Å². The molecule has 8 heteroatoms. The van der Waals surface area contributed by atoms with E-state index in [0.29, 0.717) is 30.9 Å². The number of methoxy groups -OCH3 is 1. The number of halogens is 3. The molecule has 1 aliphatic carbocycles. The minimum Gasteiger partial charge on any atom is -0.491 e. The molecule has 0 spiro atoms. The van der Waals surface area contributed by atoms with E-state index in [4.69, 9.17) is 15.2 Å². The van der Waals surface area contributed by atoms with Crippen LogP contribution >= 0.6 is 0 Å². The van der Waals surface area contributed by atoms with Crippen molar-refractivity contribution in [2.24, 2.45) is 5.73 Å². The molecule has 1 fully saturated rings. The lowest BCUT2D eigenvalue weighted by Crippen LogP contribution is -2.27. The largest absolute Gasteiger partial charge is 0.491 e. The second-order valence-corrected chi connectivity index (χ2v) is 10.4. The predicted octanol–water partition coefficient (Wildman–Crippen LogP) is 7.32. The van der Waals surface area contributed by atoms with E-state index in [1.54, 1.807) is 31.4 Å². The van der Waals surface area contributed by atoms with Gasteiger partial charge in [-0.2, -0.15) is 13.2 Å².